The Labute approximate surface area is 186 Å². The van der Waals surface area contributed by atoms with Crippen molar-refractivity contribution in [2.45, 2.75) is 44.7 Å². The molecule has 7 nitrogen and oxygen atoms in total. The molecule has 0 amide bonds. The van der Waals surface area contributed by atoms with Gasteiger partial charge in [-0.1, -0.05) is 6.07 Å². The number of hydrogen-bond donors (Lipinski definition) is 1. The fraction of sp³-hybridized carbons (Fsp3) is 0.417. The summed E-state index contributed by atoms with van der Waals surface area (Å²) in [6.07, 6.45) is 7.05. The van der Waals surface area contributed by atoms with Gasteiger partial charge in [0.05, 0.1) is 11.3 Å². The Bertz CT molecular complexity index is 1170. The molecular formula is C24H26FN7. The molecule has 1 N–H and O–H groups in total. The smallest absolute Gasteiger partial charge is 0.154 e. The van der Waals surface area contributed by atoms with Gasteiger partial charge in [0.2, 0.25) is 0 Å². The minimum absolute atomic E-state index is 0.0983. The highest BCUT2D eigenvalue weighted by molar-refractivity contribution is 5.66. The fourth-order valence-corrected chi connectivity index (χ4v) is 4.86. The second kappa shape index (κ2) is 8.67. The van der Waals surface area contributed by atoms with Crippen molar-refractivity contribution in [2.24, 2.45) is 7.05 Å². The van der Waals surface area contributed by atoms with Crippen molar-refractivity contribution >= 4 is 5.82 Å². The lowest BCUT2D eigenvalue weighted by Crippen LogP contribution is -2.43. The van der Waals surface area contributed by atoms with Crippen LogP contribution < -0.4 is 10.2 Å². The van der Waals surface area contributed by atoms with Crippen LogP contribution in [0.3, 0.4) is 0 Å². The molecule has 1 aliphatic heterocycles. The number of piperidine rings is 1. The van der Waals surface area contributed by atoms with Crippen LogP contribution in [-0.2, 0) is 26.4 Å². The molecule has 0 atom stereocenters. The van der Waals surface area contributed by atoms with E-state index in [1.54, 1.807) is 18.3 Å². The zero-order valence-electron chi connectivity index (χ0n) is 18.2. The van der Waals surface area contributed by atoms with E-state index in [2.05, 4.69) is 25.5 Å². The standard InChI is InChI=1S/C24H26FN7/c1-31-22(7-10-28-31)23-19-3-2-4-20(19)24(30-29-23)32-11-8-18(9-12-32)27-15-16-5-6-21(25)17(13-16)14-26/h5-7,10,13,18,27H,2-4,8-9,11-12,15H2,1H3. The summed E-state index contributed by atoms with van der Waals surface area (Å²) in [5.41, 5.74) is 5.68. The summed E-state index contributed by atoms with van der Waals surface area (Å²) in [7, 11) is 1.94. The van der Waals surface area contributed by atoms with Crippen molar-refractivity contribution in [3.05, 3.63) is 58.5 Å². The molecule has 8 heteroatoms. The fourth-order valence-electron chi connectivity index (χ4n) is 4.86. The molecule has 5 rings (SSSR count). The average molecular weight is 432 g/mol. The molecule has 1 fully saturated rings. The Morgan fingerprint density at radius 3 is 2.72 bits per heavy atom. The van der Waals surface area contributed by atoms with E-state index in [0.29, 0.717) is 12.6 Å². The van der Waals surface area contributed by atoms with E-state index in [1.807, 2.05) is 23.9 Å². The lowest BCUT2D eigenvalue weighted by molar-refractivity contribution is 0.411. The Kier molecular flexibility index (Phi) is 5.58. The molecular weight excluding hydrogens is 405 g/mol. The van der Waals surface area contributed by atoms with Crippen LogP contribution in [0, 0.1) is 17.1 Å². The van der Waals surface area contributed by atoms with E-state index in [4.69, 9.17) is 5.26 Å². The van der Waals surface area contributed by atoms with Gasteiger partial charge in [-0.25, -0.2) is 4.39 Å². The lowest BCUT2D eigenvalue weighted by Gasteiger charge is -2.34. The van der Waals surface area contributed by atoms with Crippen LogP contribution in [0.4, 0.5) is 10.2 Å². The molecule has 1 aromatic carbocycles. The summed E-state index contributed by atoms with van der Waals surface area (Å²) in [6, 6.07) is 9.02. The Balaban J connectivity index is 1.25. The summed E-state index contributed by atoms with van der Waals surface area (Å²) in [5, 5.41) is 26.2. The maximum Gasteiger partial charge on any atom is 0.154 e. The number of nitrogens with one attached hydrogen (secondary N) is 1. The highest BCUT2D eigenvalue weighted by Crippen LogP contribution is 2.35. The number of aromatic nitrogens is 4. The summed E-state index contributed by atoms with van der Waals surface area (Å²) in [6.45, 7) is 2.49. The summed E-state index contributed by atoms with van der Waals surface area (Å²) >= 11 is 0. The van der Waals surface area contributed by atoms with Crippen LogP contribution >= 0.6 is 0 Å². The van der Waals surface area contributed by atoms with Gasteiger partial charge in [0, 0.05) is 44.5 Å². The molecule has 0 bridgehead atoms. The van der Waals surface area contributed by atoms with E-state index >= 15 is 0 Å². The van der Waals surface area contributed by atoms with Crippen LogP contribution in [0.1, 0.15) is 41.5 Å². The second-order valence-corrected chi connectivity index (χ2v) is 8.59. The number of fused-ring (bicyclic) bond motifs is 1. The largest absolute Gasteiger partial charge is 0.355 e. The van der Waals surface area contributed by atoms with E-state index in [9.17, 15) is 4.39 Å². The lowest BCUT2D eigenvalue weighted by atomic mass is 10.0. The monoisotopic (exact) mass is 431 g/mol. The molecule has 0 radical (unpaired) electrons. The number of halogens is 1. The third kappa shape index (κ3) is 3.84. The van der Waals surface area contributed by atoms with Gasteiger partial charge in [-0.05, 0) is 61.4 Å². The Morgan fingerprint density at radius 1 is 1.16 bits per heavy atom. The number of aryl methyl sites for hydroxylation is 1. The van der Waals surface area contributed by atoms with Gasteiger partial charge in [-0.15, -0.1) is 10.2 Å². The van der Waals surface area contributed by atoms with Gasteiger partial charge >= 0.3 is 0 Å². The van der Waals surface area contributed by atoms with Crippen LogP contribution in [-0.4, -0.2) is 39.1 Å². The number of nitrogens with zero attached hydrogens (tertiary/aromatic N) is 6. The molecule has 3 heterocycles. The third-order valence-electron chi connectivity index (χ3n) is 6.62. The molecule has 32 heavy (non-hydrogen) atoms. The number of hydrogen-bond acceptors (Lipinski definition) is 6. The second-order valence-electron chi connectivity index (χ2n) is 8.59. The molecule has 0 spiro atoms. The number of benzene rings is 1. The first-order valence-corrected chi connectivity index (χ1v) is 11.2. The quantitative estimate of drug-likeness (QED) is 0.668. The minimum atomic E-state index is -0.465. The Morgan fingerprint density at radius 2 is 1.97 bits per heavy atom. The molecule has 1 saturated heterocycles. The van der Waals surface area contributed by atoms with Crippen LogP contribution in [0.5, 0.6) is 0 Å². The zero-order valence-corrected chi connectivity index (χ0v) is 18.2. The normalized spacial score (nSPS) is 16.2. The van der Waals surface area contributed by atoms with Crippen molar-refractivity contribution in [3.8, 4) is 17.5 Å². The third-order valence-corrected chi connectivity index (χ3v) is 6.62. The molecule has 0 unspecified atom stereocenters. The SMILES string of the molecule is Cn1nccc1-c1nnc(N2CCC(NCc3ccc(F)c(C#N)c3)CC2)c2c1CCC2. The maximum absolute atomic E-state index is 13.5. The van der Waals surface area contributed by atoms with Gasteiger partial charge in [-0.3, -0.25) is 4.68 Å². The molecule has 1 aliphatic carbocycles. The molecule has 3 aromatic rings. The highest BCUT2D eigenvalue weighted by atomic mass is 19.1. The van der Waals surface area contributed by atoms with Gasteiger partial charge < -0.3 is 10.2 Å². The van der Waals surface area contributed by atoms with Gasteiger partial charge in [0.15, 0.2) is 5.82 Å². The Hall–Kier alpha value is -3.31. The van der Waals surface area contributed by atoms with Gasteiger partial charge in [0.1, 0.15) is 17.6 Å². The first-order chi connectivity index (χ1) is 15.6. The predicted molar refractivity (Wildman–Crippen MR) is 119 cm³/mol. The average Bonchev–Trinajstić information content (AvgIpc) is 3.48. The minimum Gasteiger partial charge on any atom is -0.355 e. The first-order valence-electron chi connectivity index (χ1n) is 11.2. The van der Waals surface area contributed by atoms with Crippen LogP contribution in [0.15, 0.2) is 30.5 Å². The number of nitriles is 1. The van der Waals surface area contributed by atoms with Crippen LogP contribution in [0.2, 0.25) is 0 Å². The molecule has 2 aromatic heterocycles. The van der Waals surface area contributed by atoms with Gasteiger partial charge in [0.25, 0.3) is 0 Å². The summed E-state index contributed by atoms with van der Waals surface area (Å²) < 4.78 is 15.4. The highest BCUT2D eigenvalue weighted by Gasteiger charge is 2.28. The van der Waals surface area contributed by atoms with Gasteiger partial charge in [-0.2, -0.15) is 10.4 Å². The predicted octanol–water partition coefficient (Wildman–Crippen LogP) is 3.14. The maximum atomic E-state index is 13.5. The zero-order chi connectivity index (χ0) is 22.1. The molecule has 0 saturated carbocycles. The van der Waals surface area contributed by atoms with E-state index in [1.165, 1.54) is 17.2 Å². The van der Waals surface area contributed by atoms with Crippen molar-refractivity contribution < 1.29 is 4.39 Å². The van der Waals surface area contributed by atoms with Crippen molar-refractivity contribution in [1.29, 1.82) is 5.26 Å². The number of rotatable bonds is 5. The van der Waals surface area contributed by atoms with Crippen molar-refractivity contribution in [1.82, 2.24) is 25.3 Å². The topological polar surface area (TPSA) is 82.7 Å². The number of anilines is 1. The van der Waals surface area contributed by atoms with Crippen molar-refractivity contribution in [3.63, 3.8) is 0 Å². The van der Waals surface area contributed by atoms with E-state index < -0.39 is 5.82 Å². The van der Waals surface area contributed by atoms with Crippen molar-refractivity contribution in [2.75, 3.05) is 18.0 Å². The first kappa shape index (κ1) is 20.6. The summed E-state index contributed by atoms with van der Waals surface area (Å²) in [5.74, 6) is 0.576. The van der Waals surface area contributed by atoms with Crippen LogP contribution in [0.25, 0.3) is 11.4 Å². The molecule has 2 aliphatic rings. The van der Waals surface area contributed by atoms with E-state index in [-0.39, 0.29) is 5.56 Å². The van der Waals surface area contributed by atoms with E-state index in [0.717, 1.165) is 68.0 Å². The summed E-state index contributed by atoms with van der Waals surface area (Å²) in [4.78, 5) is 2.37. The molecule has 164 valence electrons.